The van der Waals surface area contributed by atoms with Crippen molar-refractivity contribution in [2.75, 3.05) is 7.05 Å². The van der Waals surface area contributed by atoms with Gasteiger partial charge in [-0.25, -0.2) is 0 Å². The van der Waals surface area contributed by atoms with Crippen LogP contribution in [0.4, 0.5) is 0 Å². The van der Waals surface area contributed by atoms with E-state index in [9.17, 15) is 4.79 Å². The third-order valence-corrected chi connectivity index (χ3v) is 4.43. The minimum absolute atomic E-state index is 0.0488. The molecular weight excluding hydrogens is 316 g/mol. The first-order chi connectivity index (χ1) is 12.2. The Labute approximate surface area is 145 Å². The third-order valence-electron chi connectivity index (χ3n) is 4.43. The molecule has 1 aliphatic rings. The number of carbonyl (C=O) groups excluding carboxylic acids is 1. The molecule has 0 N–H and O–H groups in total. The summed E-state index contributed by atoms with van der Waals surface area (Å²) >= 11 is 0. The largest absolute Gasteiger partial charge is 0.337 e. The molecule has 126 valence electrons. The zero-order valence-corrected chi connectivity index (χ0v) is 14.0. The zero-order valence-electron chi connectivity index (χ0n) is 14.0. The molecule has 0 saturated carbocycles. The van der Waals surface area contributed by atoms with Crippen LogP contribution < -0.4 is 0 Å². The Morgan fingerprint density at radius 2 is 2.08 bits per heavy atom. The summed E-state index contributed by atoms with van der Waals surface area (Å²) in [5.41, 5.74) is 3.99. The summed E-state index contributed by atoms with van der Waals surface area (Å²) in [6, 6.07) is 11.5. The number of benzene rings is 1. The van der Waals surface area contributed by atoms with Crippen molar-refractivity contribution in [3.8, 4) is 11.5 Å². The maximum Gasteiger partial charge on any atom is 0.254 e. The van der Waals surface area contributed by atoms with Crippen molar-refractivity contribution >= 4 is 5.91 Å². The first-order valence-electron chi connectivity index (χ1n) is 8.32. The summed E-state index contributed by atoms with van der Waals surface area (Å²) in [4.78, 5) is 22.8. The summed E-state index contributed by atoms with van der Waals surface area (Å²) in [5.74, 6) is 0.763. The van der Waals surface area contributed by atoms with Gasteiger partial charge in [0.1, 0.15) is 5.69 Å². The van der Waals surface area contributed by atoms with Crippen LogP contribution in [0, 0.1) is 0 Å². The van der Waals surface area contributed by atoms with Gasteiger partial charge in [0.2, 0.25) is 11.7 Å². The second-order valence-corrected chi connectivity index (χ2v) is 6.22. The zero-order chi connectivity index (χ0) is 17.2. The molecule has 6 nitrogen and oxygen atoms in total. The van der Waals surface area contributed by atoms with Crippen LogP contribution in [0.15, 0.2) is 47.1 Å². The summed E-state index contributed by atoms with van der Waals surface area (Å²) in [5, 5.41) is 3.93. The smallest absolute Gasteiger partial charge is 0.254 e. The lowest BCUT2D eigenvalue weighted by Crippen LogP contribution is -2.26. The van der Waals surface area contributed by atoms with Crippen molar-refractivity contribution in [1.82, 2.24) is 20.0 Å². The van der Waals surface area contributed by atoms with Crippen LogP contribution in [0.25, 0.3) is 11.5 Å². The van der Waals surface area contributed by atoms with Gasteiger partial charge in [0.25, 0.3) is 5.91 Å². The van der Waals surface area contributed by atoms with E-state index < -0.39 is 0 Å². The predicted octanol–water partition coefficient (Wildman–Crippen LogP) is 2.89. The van der Waals surface area contributed by atoms with E-state index in [0.717, 1.165) is 12.8 Å². The van der Waals surface area contributed by atoms with Crippen molar-refractivity contribution < 1.29 is 9.32 Å². The summed E-state index contributed by atoms with van der Waals surface area (Å²) in [6.45, 7) is 0.260. The molecule has 0 fully saturated rings. The lowest BCUT2D eigenvalue weighted by Gasteiger charge is -2.15. The van der Waals surface area contributed by atoms with Crippen LogP contribution in [0.3, 0.4) is 0 Å². The lowest BCUT2D eigenvalue weighted by molar-refractivity contribution is 0.0769. The van der Waals surface area contributed by atoms with E-state index in [4.69, 9.17) is 4.52 Å². The van der Waals surface area contributed by atoms with Crippen molar-refractivity contribution in [3.63, 3.8) is 0 Å². The molecule has 1 aromatic carbocycles. The van der Waals surface area contributed by atoms with E-state index in [0.29, 0.717) is 23.0 Å². The SMILES string of the molecule is CN(Cc1nc(-c2ccccn2)no1)C(=O)c1ccc2c(c1)CCC2. The molecule has 0 bridgehead atoms. The Hall–Kier alpha value is -3.02. The van der Waals surface area contributed by atoms with Crippen molar-refractivity contribution in [3.05, 3.63) is 65.2 Å². The molecule has 2 aromatic heterocycles. The molecule has 0 atom stereocenters. The summed E-state index contributed by atoms with van der Waals surface area (Å²) in [6.07, 6.45) is 5.01. The van der Waals surface area contributed by atoms with E-state index in [-0.39, 0.29) is 12.5 Å². The van der Waals surface area contributed by atoms with Crippen LogP contribution in [0.5, 0.6) is 0 Å². The van der Waals surface area contributed by atoms with Gasteiger partial charge in [-0.1, -0.05) is 17.3 Å². The predicted molar refractivity (Wildman–Crippen MR) is 91.8 cm³/mol. The van der Waals surface area contributed by atoms with Gasteiger partial charge in [-0.3, -0.25) is 9.78 Å². The van der Waals surface area contributed by atoms with Gasteiger partial charge in [-0.2, -0.15) is 4.98 Å². The second kappa shape index (κ2) is 6.47. The number of nitrogens with zero attached hydrogens (tertiary/aromatic N) is 4. The first kappa shape index (κ1) is 15.5. The molecule has 1 aliphatic carbocycles. The van der Waals surface area contributed by atoms with E-state index in [1.807, 2.05) is 30.3 Å². The highest BCUT2D eigenvalue weighted by Crippen LogP contribution is 2.23. The fourth-order valence-corrected chi connectivity index (χ4v) is 3.12. The molecule has 6 heteroatoms. The van der Waals surface area contributed by atoms with E-state index in [2.05, 4.69) is 21.2 Å². The fourth-order valence-electron chi connectivity index (χ4n) is 3.12. The van der Waals surface area contributed by atoms with E-state index in [1.165, 1.54) is 17.5 Å². The summed E-state index contributed by atoms with van der Waals surface area (Å²) in [7, 11) is 1.74. The monoisotopic (exact) mass is 334 g/mol. The Balaban J connectivity index is 1.47. The number of hydrogen-bond donors (Lipinski definition) is 0. The first-order valence-corrected chi connectivity index (χ1v) is 8.32. The van der Waals surface area contributed by atoms with Crippen LogP contribution in [0.2, 0.25) is 0 Å². The molecule has 0 unspecified atom stereocenters. The molecule has 2 heterocycles. The maximum atomic E-state index is 12.6. The van der Waals surface area contributed by atoms with Crippen molar-refractivity contribution in [2.45, 2.75) is 25.8 Å². The van der Waals surface area contributed by atoms with E-state index in [1.54, 1.807) is 18.1 Å². The quantitative estimate of drug-likeness (QED) is 0.733. The van der Waals surface area contributed by atoms with Gasteiger partial charge in [-0.15, -0.1) is 0 Å². The van der Waals surface area contributed by atoms with Crippen LogP contribution in [-0.2, 0) is 19.4 Å². The Morgan fingerprint density at radius 3 is 2.92 bits per heavy atom. The van der Waals surface area contributed by atoms with Gasteiger partial charge < -0.3 is 9.42 Å². The average Bonchev–Trinajstić information content (AvgIpc) is 3.30. The number of carbonyl (C=O) groups is 1. The Kier molecular flexibility index (Phi) is 4.01. The minimum Gasteiger partial charge on any atom is -0.337 e. The van der Waals surface area contributed by atoms with Crippen LogP contribution >= 0.6 is 0 Å². The number of aryl methyl sites for hydroxylation is 2. The number of hydrogen-bond acceptors (Lipinski definition) is 5. The molecule has 0 radical (unpaired) electrons. The normalized spacial score (nSPS) is 12.8. The molecule has 1 amide bonds. The molecule has 3 aromatic rings. The van der Waals surface area contributed by atoms with Crippen molar-refractivity contribution in [1.29, 1.82) is 0 Å². The number of amides is 1. The van der Waals surface area contributed by atoms with Crippen LogP contribution in [-0.4, -0.2) is 33.0 Å². The summed E-state index contributed by atoms with van der Waals surface area (Å²) < 4.78 is 5.25. The highest BCUT2D eigenvalue weighted by atomic mass is 16.5. The van der Waals surface area contributed by atoms with Crippen molar-refractivity contribution in [2.24, 2.45) is 0 Å². The fraction of sp³-hybridized carbons (Fsp3) is 0.263. The average molecular weight is 334 g/mol. The standard InChI is InChI=1S/C19H18N4O2/c1-23(19(24)15-9-8-13-5-4-6-14(13)11-15)12-17-21-18(22-25-17)16-7-2-3-10-20-16/h2-3,7-11H,4-6,12H2,1H3. The van der Waals surface area contributed by atoms with Crippen LogP contribution in [0.1, 0.15) is 33.8 Å². The molecule has 0 aliphatic heterocycles. The van der Waals surface area contributed by atoms with Gasteiger partial charge >= 0.3 is 0 Å². The van der Waals surface area contributed by atoms with Gasteiger partial charge in [0.15, 0.2) is 0 Å². The maximum absolute atomic E-state index is 12.6. The number of fused-ring (bicyclic) bond motifs is 1. The molecule has 4 rings (SSSR count). The highest BCUT2D eigenvalue weighted by molar-refractivity contribution is 5.94. The van der Waals surface area contributed by atoms with Gasteiger partial charge in [0.05, 0.1) is 6.54 Å². The number of pyridine rings is 1. The Morgan fingerprint density at radius 1 is 1.20 bits per heavy atom. The van der Waals surface area contributed by atoms with Gasteiger partial charge in [0, 0.05) is 18.8 Å². The highest BCUT2D eigenvalue weighted by Gasteiger charge is 2.19. The number of rotatable bonds is 4. The van der Waals surface area contributed by atoms with Gasteiger partial charge in [-0.05, 0) is 54.7 Å². The third kappa shape index (κ3) is 3.15. The molecule has 25 heavy (non-hydrogen) atoms. The number of aromatic nitrogens is 3. The molecule has 0 spiro atoms. The molecule has 0 saturated heterocycles. The second-order valence-electron chi connectivity index (χ2n) is 6.22. The molecular formula is C19H18N4O2. The Bertz CT molecular complexity index is 905. The minimum atomic E-state index is -0.0488. The van der Waals surface area contributed by atoms with E-state index >= 15 is 0 Å². The lowest BCUT2D eigenvalue weighted by atomic mass is 10.1. The topological polar surface area (TPSA) is 72.1 Å².